The fourth-order valence-electron chi connectivity index (χ4n) is 2.87. The first-order chi connectivity index (χ1) is 11.6. The van der Waals surface area contributed by atoms with Gasteiger partial charge in [-0.05, 0) is 58.6 Å². The smallest absolute Gasteiger partial charge is 0.407 e. The van der Waals surface area contributed by atoms with E-state index in [1.54, 1.807) is 27.7 Å². The third-order valence-electron chi connectivity index (χ3n) is 4.06. The summed E-state index contributed by atoms with van der Waals surface area (Å²) in [5.41, 5.74) is -0.125. The van der Waals surface area contributed by atoms with Gasteiger partial charge in [0.2, 0.25) is 5.91 Å². The van der Waals surface area contributed by atoms with Gasteiger partial charge in [-0.3, -0.25) is 4.79 Å². The zero-order chi connectivity index (χ0) is 18.6. The summed E-state index contributed by atoms with van der Waals surface area (Å²) in [6.45, 7) is 7.04. The Bertz CT molecular complexity index is 643. The first-order valence-corrected chi connectivity index (χ1v) is 8.56. The van der Waals surface area contributed by atoms with Crippen molar-refractivity contribution in [1.29, 1.82) is 0 Å². The highest BCUT2D eigenvalue weighted by atomic mass is 19.1. The van der Waals surface area contributed by atoms with Crippen molar-refractivity contribution in [1.82, 2.24) is 10.3 Å². The molecule has 0 aromatic carbocycles. The maximum absolute atomic E-state index is 13.3. The van der Waals surface area contributed by atoms with E-state index in [1.807, 2.05) is 0 Å². The Morgan fingerprint density at radius 1 is 1.32 bits per heavy atom. The van der Waals surface area contributed by atoms with Gasteiger partial charge in [0, 0.05) is 12.0 Å². The average Bonchev–Trinajstić information content (AvgIpc) is 2.49. The van der Waals surface area contributed by atoms with E-state index in [2.05, 4.69) is 15.6 Å². The van der Waals surface area contributed by atoms with Crippen LogP contribution in [0.1, 0.15) is 52.0 Å². The zero-order valence-electron chi connectivity index (χ0n) is 15.2. The fraction of sp³-hybridized carbons (Fsp3) is 0.611. The number of anilines is 1. The molecule has 0 saturated heterocycles. The number of halogens is 1. The third kappa shape index (κ3) is 5.99. The maximum Gasteiger partial charge on any atom is 0.407 e. The Morgan fingerprint density at radius 3 is 2.68 bits per heavy atom. The molecule has 1 aromatic heterocycles. The molecule has 2 atom stereocenters. The van der Waals surface area contributed by atoms with Crippen molar-refractivity contribution in [3.8, 4) is 0 Å². The lowest BCUT2D eigenvalue weighted by Gasteiger charge is -2.30. The van der Waals surface area contributed by atoms with Gasteiger partial charge in [-0.25, -0.2) is 14.2 Å². The third-order valence-corrected chi connectivity index (χ3v) is 4.06. The number of carbonyl (C=O) groups excluding carboxylic acids is 2. The van der Waals surface area contributed by atoms with Crippen molar-refractivity contribution < 1.29 is 18.7 Å². The van der Waals surface area contributed by atoms with Crippen molar-refractivity contribution in [2.24, 2.45) is 5.92 Å². The van der Waals surface area contributed by atoms with Crippen LogP contribution in [-0.4, -0.2) is 28.6 Å². The number of hydrogen-bond donors (Lipinski definition) is 2. The Kier molecular flexibility index (Phi) is 5.98. The Hall–Kier alpha value is -2.18. The van der Waals surface area contributed by atoms with Crippen LogP contribution >= 0.6 is 0 Å². The molecular formula is C18H26FN3O3. The van der Waals surface area contributed by atoms with Gasteiger partial charge < -0.3 is 15.4 Å². The first-order valence-electron chi connectivity index (χ1n) is 8.56. The molecule has 0 bridgehead atoms. The summed E-state index contributed by atoms with van der Waals surface area (Å²) in [4.78, 5) is 28.2. The van der Waals surface area contributed by atoms with Gasteiger partial charge in [0.05, 0.1) is 6.20 Å². The van der Waals surface area contributed by atoms with Gasteiger partial charge in [-0.2, -0.15) is 0 Å². The van der Waals surface area contributed by atoms with E-state index in [9.17, 15) is 14.0 Å². The summed E-state index contributed by atoms with van der Waals surface area (Å²) >= 11 is 0. The van der Waals surface area contributed by atoms with Crippen LogP contribution in [0, 0.1) is 18.7 Å². The Balaban J connectivity index is 1.90. The van der Waals surface area contributed by atoms with E-state index >= 15 is 0 Å². The molecule has 1 unspecified atom stereocenters. The predicted octanol–water partition coefficient (Wildman–Crippen LogP) is 3.55. The Morgan fingerprint density at radius 2 is 2.04 bits per heavy atom. The number of hydrogen-bond acceptors (Lipinski definition) is 4. The molecule has 7 heteroatoms. The number of amides is 2. The molecule has 0 spiro atoms. The summed E-state index contributed by atoms with van der Waals surface area (Å²) < 4.78 is 18.5. The second kappa shape index (κ2) is 7.80. The monoisotopic (exact) mass is 351 g/mol. The molecule has 2 amide bonds. The van der Waals surface area contributed by atoms with Gasteiger partial charge in [0.1, 0.15) is 17.2 Å². The summed E-state index contributed by atoms with van der Waals surface area (Å²) in [6.07, 6.45) is 3.59. The fourth-order valence-corrected chi connectivity index (χ4v) is 2.87. The average molecular weight is 351 g/mol. The van der Waals surface area contributed by atoms with Crippen LogP contribution in [-0.2, 0) is 9.53 Å². The SMILES string of the molecule is Cc1cc(NC(=O)[C@@H]2CCCC(NC(=O)OC(C)(C)C)C2)ncc1F. The molecule has 1 heterocycles. The number of pyridine rings is 1. The normalized spacial score (nSPS) is 20.7. The van der Waals surface area contributed by atoms with E-state index in [1.165, 1.54) is 6.07 Å². The molecule has 2 rings (SSSR count). The number of nitrogens with zero attached hydrogens (tertiary/aromatic N) is 1. The standard InChI is InChI=1S/C18H26FN3O3/c1-11-8-15(20-10-14(11)19)22-16(23)12-6-5-7-13(9-12)21-17(24)25-18(2,3)4/h8,10,12-13H,5-7,9H2,1-4H3,(H,21,24)(H,20,22,23)/t12-,13?/m1/s1. The minimum Gasteiger partial charge on any atom is -0.444 e. The van der Waals surface area contributed by atoms with Crippen LogP contribution in [0.25, 0.3) is 0 Å². The molecule has 1 aliphatic carbocycles. The topological polar surface area (TPSA) is 80.3 Å². The second-order valence-corrected chi connectivity index (χ2v) is 7.51. The summed E-state index contributed by atoms with van der Waals surface area (Å²) in [5, 5.41) is 5.57. The molecule has 1 aromatic rings. The van der Waals surface area contributed by atoms with Crippen LogP contribution in [0.5, 0.6) is 0 Å². The zero-order valence-corrected chi connectivity index (χ0v) is 15.2. The molecular weight excluding hydrogens is 325 g/mol. The van der Waals surface area contributed by atoms with Gasteiger partial charge in [-0.1, -0.05) is 6.42 Å². The van der Waals surface area contributed by atoms with Gasteiger partial charge in [-0.15, -0.1) is 0 Å². The molecule has 0 aliphatic heterocycles. The highest BCUT2D eigenvalue weighted by molar-refractivity contribution is 5.91. The summed E-state index contributed by atoms with van der Waals surface area (Å²) in [6, 6.07) is 1.41. The first kappa shape index (κ1) is 19.1. The molecule has 1 saturated carbocycles. The van der Waals surface area contributed by atoms with Gasteiger partial charge in [0.15, 0.2) is 0 Å². The van der Waals surface area contributed by atoms with Crippen molar-refractivity contribution in [3.63, 3.8) is 0 Å². The summed E-state index contributed by atoms with van der Waals surface area (Å²) in [5.74, 6) is -0.446. The van der Waals surface area contributed by atoms with E-state index < -0.39 is 17.5 Å². The van der Waals surface area contributed by atoms with Crippen molar-refractivity contribution in [3.05, 3.63) is 23.6 Å². The quantitative estimate of drug-likeness (QED) is 0.873. The maximum atomic E-state index is 13.3. The molecule has 1 aliphatic rings. The number of aromatic nitrogens is 1. The number of aryl methyl sites for hydroxylation is 1. The van der Waals surface area contributed by atoms with Crippen LogP contribution in [0.4, 0.5) is 15.0 Å². The number of nitrogens with one attached hydrogen (secondary N) is 2. The molecule has 138 valence electrons. The minimum absolute atomic E-state index is 0.0951. The van der Waals surface area contributed by atoms with E-state index in [0.29, 0.717) is 17.8 Å². The lowest BCUT2D eigenvalue weighted by atomic mass is 9.85. The number of rotatable bonds is 3. The number of carbonyl (C=O) groups is 2. The molecule has 25 heavy (non-hydrogen) atoms. The predicted molar refractivity (Wildman–Crippen MR) is 92.7 cm³/mol. The van der Waals surface area contributed by atoms with Crippen LogP contribution in [0.15, 0.2) is 12.3 Å². The highest BCUT2D eigenvalue weighted by Crippen LogP contribution is 2.26. The lowest BCUT2D eigenvalue weighted by molar-refractivity contribution is -0.121. The van der Waals surface area contributed by atoms with Crippen molar-refractivity contribution in [2.75, 3.05) is 5.32 Å². The second-order valence-electron chi connectivity index (χ2n) is 7.51. The highest BCUT2D eigenvalue weighted by Gasteiger charge is 2.29. The van der Waals surface area contributed by atoms with Crippen molar-refractivity contribution >= 4 is 17.8 Å². The molecule has 2 N–H and O–H groups in total. The summed E-state index contributed by atoms with van der Waals surface area (Å²) in [7, 11) is 0. The molecule has 0 radical (unpaired) electrons. The van der Waals surface area contributed by atoms with E-state index in [-0.39, 0.29) is 17.9 Å². The van der Waals surface area contributed by atoms with Crippen LogP contribution < -0.4 is 10.6 Å². The Labute approximate surface area is 147 Å². The van der Waals surface area contributed by atoms with Gasteiger partial charge >= 0.3 is 6.09 Å². The van der Waals surface area contributed by atoms with E-state index in [0.717, 1.165) is 25.5 Å². The van der Waals surface area contributed by atoms with E-state index in [4.69, 9.17) is 4.74 Å². The largest absolute Gasteiger partial charge is 0.444 e. The van der Waals surface area contributed by atoms with Crippen molar-refractivity contribution in [2.45, 2.75) is 65.0 Å². The lowest BCUT2D eigenvalue weighted by Crippen LogP contribution is -2.43. The molecule has 6 nitrogen and oxygen atoms in total. The van der Waals surface area contributed by atoms with Gasteiger partial charge in [0.25, 0.3) is 0 Å². The number of ether oxygens (including phenoxy) is 1. The van der Waals surface area contributed by atoms with Crippen LogP contribution in [0.2, 0.25) is 0 Å². The molecule has 1 fully saturated rings. The minimum atomic E-state index is -0.554. The van der Waals surface area contributed by atoms with Crippen LogP contribution in [0.3, 0.4) is 0 Å². The number of alkyl carbamates (subject to hydrolysis) is 1.